The minimum atomic E-state index is -0.105. The van der Waals surface area contributed by atoms with E-state index in [1.807, 2.05) is 0 Å². The molecule has 26 heavy (non-hydrogen) atoms. The maximum Gasteiger partial charge on any atom is 0.263 e. The average molecular weight is 398 g/mol. The third kappa shape index (κ3) is 5.43. The van der Waals surface area contributed by atoms with Crippen LogP contribution in [0.2, 0.25) is 4.47 Å². The Morgan fingerprint density at radius 2 is 1.77 bits per heavy atom. The van der Waals surface area contributed by atoms with Crippen LogP contribution in [0.5, 0.6) is 0 Å². The molecule has 5 nitrogen and oxygen atoms in total. The number of thiazole rings is 1. The molecule has 0 aliphatic heterocycles. The van der Waals surface area contributed by atoms with Crippen LogP contribution in [0.4, 0.5) is 0 Å². The first-order valence-corrected chi connectivity index (χ1v) is 10.9. The van der Waals surface area contributed by atoms with Crippen LogP contribution in [0.15, 0.2) is 6.20 Å². The SMILES string of the molecule is CC(CC1CCCC1)C(=O)NC1CCC(NC(=O)c2cnc(Cl)s2)CC1. The molecule has 0 bridgehead atoms. The maximum absolute atomic E-state index is 12.4. The summed E-state index contributed by atoms with van der Waals surface area (Å²) in [6, 6.07) is 0.395. The highest BCUT2D eigenvalue weighted by Gasteiger charge is 2.27. The van der Waals surface area contributed by atoms with Gasteiger partial charge in [0.25, 0.3) is 5.91 Å². The molecule has 2 aliphatic rings. The van der Waals surface area contributed by atoms with Crippen molar-refractivity contribution in [1.29, 1.82) is 0 Å². The number of hydrogen-bond acceptors (Lipinski definition) is 4. The molecule has 3 rings (SSSR count). The summed E-state index contributed by atoms with van der Waals surface area (Å²) in [5.74, 6) is 0.935. The Balaban J connectivity index is 1.37. The van der Waals surface area contributed by atoms with Crippen molar-refractivity contribution in [3.05, 3.63) is 15.5 Å². The molecule has 0 radical (unpaired) electrons. The van der Waals surface area contributed by atoms with E-state index in [-0.39, 0.29) is 29.8 Å². The summed E-state index contributed by atoms with van der Waals surface area (Å²) in [4.78, 5) is 29.1. The Hall–Kier alpha value is -1.14. The number of amides is 2. The fraction of sp³-hybridized carbons (Fsp3) is 0.737. The van der Waals surface area contributed by atoms with Gasteiger partial charge in [-0.3, -0.25) is 9.59 Å². The number of carbonyl (C=O) groups is 2. The zero-order chi connectivity index (χ0) is 18.5. The molecule has 144 valence electrons. The van der Waals surface area contributed by atoms with Crippen molar-refractivity contribution < 1.29 is 9.59 Å². The molecule has 2 N–H and O–H groups in total. The number of nitrogens with one attached hydrogen (secondary N) is 2. The van der Waals surface area contributed by atoms with Gasteiger partial charge in [-0.1, -0.05) is 55.5 Å². The Labute approximate surface area is 164 Å². The van der Waals surface area contributed by atoms with Crippen molar-refractivity contribution in [3.8, 4) is 0 Å². The van der Waals surface area contributed by atoms with Gasteiger partial charge in [0.2, 0.25) is 5.91 Å². The highest BCUT2D eigenvalue weighted by molar-refractivity contribution is 7.17. The van der Waals surface area contributed by atoms with Gasteiger partial charge in [0.15, 0.2) is 4.47 Å². The fourth-order valence-electron chi connectivity index (χ4n) is 4.19. The molecule has 2 aliphatic carbocycles. The first kappa shape index (κ1) is 19.6. The van der Waals surface area contributed by atoms with Crippen molar-refractivity contribution in [2.75, 3.05) is 0 Å². The Morgan fingerprint density at radius 1 is 1.15 bits per heavy atom. The summed E-state index contributed by atoms with van der Waals surface area (Å²) in [6.45, 7) is 2.06. The second kappa shape index (κ2) is 9.18. The molecule has 1 heterocycles. The van der Waals surface area contributed by atoms with Crippen molar-refractivity contribution >= 4 is 34.8 Å². The van der Waals surface area contributed by atoms with Gasteiger partial charge in [0.1, 0.15) is 4.88 Å². The summed E-state index contributed by atoms with van der Waals surface area (Å²) in [6.07, 6.45) is 11.4. The lowest BCUT2D eigenvalue weighted by Crippen LogP contribution is -2.45. The maximum atomic E-state index is 12.4. The molecule has 2 saturated carbocycles. The summed E-state index contributed by atoms with van der Waals surface area (Å²) in [5, 5.41) is 6.28. The van der Waals surface area contributed by atoms with Crippen LogP contribution in [0.25, 0.3) is 0 Å². The predicted molar refractivity (Wildman–Crippen MR) is 105 cm³/mol. The van der Waals surface area contributed by atoms with Crippen molar-refractivity contribution in [2.24, 2.45) is 11.8 Å². The number of hydrogen-bond donors (Lipinski definition) is 2. The fourth-order valence-corrected chi connectivity index (χ4v) is 5.04. The minimum absolute atomic E-state index is 0.103. The monoisotopic (exact) mass is 397 g/mol. The van der Waals surface area contributed by atoms with Crippen LogP contribution in [-0.4, -0.2) is 28.9 Å². The molecule has 7 heteroatoms. The number of aromatic nitrogens is 1. The quantitative estimate of drug-likeness (QED) is 0.756. The second-order valence-corrected chi connectivity index (χ2v) is 9.41. The summed E-state index contributed by atoms with van der Waals surface area (Å²) in [7, 11) is 0. The molecule has 1 unspecified atom stereocenters. The van der Waals surface area contributed by atoms with Crippen LogP contribution in [0.3, 0.4) is 0 Å². The van der Waals surface area contributed by atoms with E-state index in [2.05, 4.69) is 22.5 Å². The van der Waals surface area contributed by atoms with Crippen LogP contribution in [-0.2, 0) is 4.79 Å². The highest BCUT2D eigenvalue weighted by Crippen LogP contribution is 2.30. The van der Waals surface area contributed by atoms with E-state index in [0.717, 1.165) is 38.0 Å². The van der Waals surface area contributed by atoms with Crippen LogP contribution >= 0.6 is 22.9 Å². The van der Waals surface area contributed by atoms with Crippen LogP contribution in [0.1, 0.15) is 74.4 Å². The van der Waals surface area contributed by atoms with Gasteiger partial charge in [-0.15, -0.1) is 0 Å². The minimum Gasteiger partial charge on any atom is -0.353 e. The van der Waals surface area contributed by atoms with Crippen molar-refractivity contribution in [3.63, 3.8) is 0 Å². The summed E-state index contributed by atoms with van der Waals surface area (Å²) >= 11 is 6.98. The average Bonchev–Trinajstić information content (AvgIpc) is 3.28. The van der Waals surface area contributed by atoms with Crippen LogP contribution < -0.4 is 10.6 Å². The van der Waals surface area contributed by atoms with Gasteiger partial charge >= 0.3 is 0 Å². The third-order valence-corrected chi connectivity index (χ3v) is 6.83. The van der Waals surface area contributed by atoms with E-state index in [1.54, 1.807) is 0 Å². The van der Waals surface area contributed by atoms with Crippen molar-refractivity contribution in [2.45, 2.75) is 76.8 Å². The number of carbonyl (C=O) groups excluding carboxylic acids is 2. The zero-order valence-corrected chi connectivity index (χ0v) is 16.9. The molecular formula is C19H28ClN3O2S. The zero-order valence-electron chi connectivity index (χ0n) is 15.3. The first-order valence-electron chi connectivity index (χ1n) is 9.74. The molecule has 2 fully saturated rings. The molecule has 0 saturated heterocycles. The molecule has 1 aromatic heterocycles. The first-order chi connectivity index (χ1) is 12.5. The van der Waals surface area contributed by atoms with Gasteiger partial charge < -0.3 is 10.6 Å². The third-order valence-electron chi connectivity index (χ3n) is 5.72. The van der Waals surface area contributed by atoms with Gasteiger partial charge in [-0.05, 0) is 38.0 Å². The Kier molecular flexibility index (Phi) is 6.92. The largest absolute Gasteiger partial charge is 0.353 e. The van der Waals surface area contributed by atoms with Crippen LogP contribution in [0, 0.1) is 11.8 Å². The van der Waals surface area contributed by atoms with Gasteiger partial charge in [0, 0.05) is 18.0 Å². The van der Waals surface area contributed by atoms with Gasteiger partial charge in [-0.2, -0.15) is 0 Å². The van der Waals surface area contributed by atoms with E-state index < -0.39 is 0 Å². The number of nitrogens with zero attached hydrogens (tertiary/aromatic N) is 1. The molecule has 2 amide bonds. The standard InChI is InChI=1S/C19H28ClN3O2S/c1-12(10-13-4-2-3-5-13)17(24)22-14-6-8-15(9-7-14)23-18(25)16-11-21-19(20)26-16/h11-15H,2-10H2,1H3,(H,22,24)(H,23,25). The molecular weight excluding hydrogens is 370 g/mol. The number of rotatable bonds is 6. The van der Waals surface area contributed by atoms with E-state index in [4.69, 9.17) is 11.6 Å². The lowest BCUT2D eigenvalue weighted by molar-refractivity contribution is -0.126. The van der Waals surface area contributed by atoms with E-state index in [9.17, 15) is 9.59 Å². The summed E-state index contributed by atoms with van der Waals surface area (Å²) in [5.41, 5.74) is 0. The lowest BCUT2D eigenvalue weighted by Gasteiger charge is -2.30. The molecule has 0 aromatic carbocycles. The van der Waals surface area contributed by atoms with Gasteiger partial charge in [-0.25, -0.2) is 4.98 Å². The molecule has 0 spiro atoms. The molecule has 1 aromatic rings. The molecule has 1 atom stereocenters. The second-order valence-electron chi connectivity index (χ2n) is 7.80. The highest BCUT2D eigenvalue weighted by atomic mass is 35.5. The van der Waals surface area contributed by atoms with E-state index in [0.29, 0.717) is 9.34 Å². The van der Waals surface area contributed by atoms with E-state index in [1.165, 1.54) is 43.2 Å². The Bertz CT molecular complexity index is 622. The predicted octanol–water partition coefficient (Wildman–Crippen LogP) is 4.17. The van der Waals surface area contributed by atoms with E-state index >= 15 is 0 Å². The summed E-state index contributed by atoms with van der Waals surface area (Å²) < 4.78 is 0.383. The Morgan fingerprint density at radius 3 is 2.35 bits per heavy atom. The normalized spacial score (nSPS) is 25.0. The van der Waals surface area contributed by atoms with Crippen molar-refractivity contribution in [1.82, 2.24) is 15.6 Å². The smallest absolute Gasteiger partial charge is 0.263 e. The van der Waals surface area contributed by atoms with Gasteiger partial charge in [0.05, 0.1) is 6.20 Å². The lowest BCUT2D eigenvalue weighted by atomic mass is 9.89. The topological polar surface area (TPSA) is 71.1 Å². The number of halogens is 1.